The first-order valence-corrected chi connectivity index (χ1v) is 13.1. The predicted molar refractivity (Wildman–Crippen MR) is 134 cm³/mol. The maximum Gasteiger partial charge on any atom is 0.329 e. The van der Waals surface area contributed by atoms with E-state index in [9.17, 15) is 28.0 Å². The second-order valence-corrected chi connectivity index (χ2v) is 10.1. The fraction of sp³-hybridized carbons (Fsp3) is 0.615. The maximum absolute atomic E-state index is 13.2. The molecular formula is C26H35F2N5O4. The van der Waals surface area contributed by atoms with Crippen LogP contribution in [0.2, 0.25) is 0 Å². The number of piperidine rings is 2. The molecule has 0 saturated carbocycles. The van der Waals surface area contributed by atoms with Gasteiger partial charge in [-0.05, 0) is 37.4 Å². The summed E-state index contributed by atoms with van der Waals surface area (Å²) in [6.45, 7) is 1.97. The Bertz CT molecular complexity index is 1210. The molecule has 0 bridgehead atoms. The summed E-state index contributed by atoms with van der Waals surface area (Å²) >= 11 is 0. The van der Waals surface area contributed by atoms with Crippen molar-refractivity contribution in [1.82, 2.24) is 24.7 Å². The Balaban J connectivity index is 1.25. The van der Waals surface area contributed by atoms with Gasteiger partial charge in [0.15, 0.2) is 0 Å². The van der Waals surface area contributed by atoms with Gasteiger partial charge in [0.05, 0.1) is 11.0 Å². The molecule has 11 heteroatoms. The minimum Gasteiger partial charge on any atom is -0.352 e. The lowest BCUT2D eigenvalue weighted by molar-refractivity contribution is -0.135. The standard InChI is InChI=1S/C26H35F2N5O4/c1-31-23-18(7-6-8-19(23)33(25(31)37)20-10-11-22(35)30-24(20)36)17-29-21(34)9-4-2-3-5-14-32-15-12-26(27,28)13-16-32/h6-8,20H,2-5,9-17H2,1H3,(H,29,34)(H,30,35,36). The number of unbranched alkanes of at least 4 members (excludes halogenated alkanes) is 3. The van der Waals surface area contributed by atoms with Crippen molar-refractivity contribution in [2.24, 2.45) is 7.05 Å². The number of imidazole rings is 1. The van der Waals surface area contributed by atoms with E-state index >= 15 is 0 Å². The molecule has 0 radical (unpaired) electrons. The molecule has 1 unspecified atom stereocenters. The average molecular weight is 520 g/mol. The molecule has 3 amide bonds. The quantitative estimate of drug-likeness (QED) is 0.371. The number of fused-ring (bicyclic) bond motifs is 1. The number of rotatable bonds is 10. The van der Waals surface area contributed by atoms with E-state index in [4.69, 9.17) is 0 Å². The van der Waals surface area contributed by atoms with Gasteiger partial charge in [0.1, 0.15) is 6.04 Å². The molecule has 0 spiro atoms. The number of imide groups is 1. The van der Waals surface area contributed by atoms with Gasteiger partial charge < -0.3 is 10.2 Å². The van der Waals surface area contributed by atoms with E-state index < -0.39 is 17.9 Å². The zero-order valence-corrected chi connectivity index (χ0v) is 21.2. The molecule has 3 heterocycles. The summed E-state index contributed by atoms with van der Waals surface area (Å²) < 4.78 is 29.4. The Morgan fingerprint density at radius 3 is 2.57 bits per heavy atom. The van der Waals surface area contributed by atoms with Crippen molar-refractivity contribution in [3.63, 3.8) is 0 Å². The summed E-state index contributed by atoms with van der Waals surface area (Å²) in [6, 6.07) is 4.64. The molecule has 2 N–H and O–H groups in total. The molecule has 37 heavy (non-hydrogen) atoms. The van der Waals surface area contributed by atoms with Crippen LogP contribution in [-0.2, 0) is 28.0 Å². The second-order valence-electron chi connectivity index (χ2n) is 10.1. The van der Waals surface area contributed by atoms with Crippen LogP contribution in [0.4, 0.5) is 8.78 Å². The van der Waals surface area contributed by atoms with E-state index in [1.165, 1.54) is 9.13 Å². The van der Waals surface area contributed by atoms with Crippen molar-refractivity contribution in [3.05, 3.63) is 34.2 Å². The molecule has 2 aliphatic heterocycles. The lowest BCUT2D eigenvalue weighted by Crippen LogP contribution is -2.44. The van der Waals surface area contributed by atoms with Gasteiger partial charge in [-0.1, -0.05) is 25.0 Å². The molecule has 2 saturated heterocycles. The molecular weight excluding hydrogens is 484 g/mol. The number of nitrogens with one attached hydrogen (secondary N) is 2. The fourth-order valence-electron chi connectivity index (χ4n) is 5.25. The van der Waals surface area contributed by atoms with Gasteiger partial charge in [-0.3, -0.25) is 28.8 Å². The summed E-state index contributed by atoms with van der Waals surface area (Å²) in [5.74, 6) is -3.42. The number of aryl methyl sites for hydroxylation is 1. The van der Waals surface area contributed by atoms with Crippen LogP contribution in [0.1, 0.15) is 69.4 Å². The number of likely N-dealkylation sites (tertiary alicyclic amines) is 1. The number of carbonyl (C=O) groups excluding carboxylic acids is 3. The Kier molecular flexibility index (Phi) is 8.41. The highest BCUT2D eigenvalue weighted by Gasteiger charge is 2.34. The molecule has 1 aromatic carbocycles. The van der Waals surface area contributed by atoms with Gasteiger partial charge in [-0.15, -0.1) is 0 Å². The number of alkyl halides is 2. The molecule has 2 aromatic rings. The van der Waals surface area contributed by atoms with Crippen LogP contribution in [0.25, 0.3) is 11.0 Å². The highest BCUT2D eigenvalue weighted by atomic mass is 19.3. The topological polar surface area (TPSA) is 105 Å². The van der Waals surface area contributed by atoms with Gasteiger partial charge in [0.2, 0.25) is 17.7 Å². The smallest absolute Gasteiger partial charge is 0.329 e. The van der Waals surface area contributed by atoms with Crippen LogP contribution in [0.5, 0.6) is 0 Å². The summed E-state index contributed by atoms with van der Waals surface area (Å²) in [5, 5.41) is 5.23. The van der Waals surface area contributed by atoms with E-state index in [1.54, 1.807) is 19.2 Å². The lowest BCUT2D eigenvalue weighted by Gasteiger charge is -2.31. The Morgan fingerprint density at radius 1 is 1.11 bits per heavy atom. The van der Waals surface area contributed by atoms with Gasteiger partial charge in [-0.2, -0.15) is 0 Å². The Morgan fingerprint density at radius 2 is 1.84 bits per heavy atom. The highest BCUT2D eigenvalue weighted by molar-refractivity contribution is 6.00. The SMILES string of the molecule is Cn1c(=O)n(C2CCC(=O)NC2=O)c2cccc(CNC(=O)CCCCCCN3CCC(F)(F)CC3)c21. The number of nitrogens with zero attached hydrogens (tertiary/aromatic N) is 3. The Labute approximate surface area is 214 Å². The van der Waals surface area contributed by atoms with Crippen molar-refractivity contribution in [3.8, 4) is 0 Å². The summed E-state index contributed by atoms with van der Waals surface area (Å²) in [7, 11) is 1.63. The summed E-state index contributed by atoms with van der Waals surface area (Å²) in [6.07, 6.45) is 4.25. The van der Waals surface area contributed by atoms with E-state index in [-0.39, 0.29) is 49.7 Å². The van der Waals surface area contributed by atoms with Crippen LogP contribution in [-0.4, -0.2) is 57.3 Å². The van der Waals surface area contributed by atoms with Crippen LogP contribution in [0.15, 0.2) is 23.0 Å². The first-order chi connectivity index (χ1) is 17.7. The molecule has 202 valence electrons. The highest BCUT2D eigenvalue weighted by Crippen LogP contribution is 2.28. The largest absolute Gasteiger partial charge is 0.352 e. The third kappa shape index (κ3) is 6.44. The van der Waals surface area contributed by atoms with Crippen molar-refractivity contribution in [2.45, 2.75) is 76.3 Å². The Hall–Kier alpha value is -3.08. The molecule has 0 aliphatic carbocycles. The lowest BCUT2D eigenvalue weighted by atomic mass is 10.1. The zero-order valence-electron chi connectivity index (χ0n) is 21.2. The van der Waals surface area contributed by atoms with Crippen LogP contribution in [0.3, 0.4) is 0 Å². The third-order valence-corrected chi connectivity index (χ3v) is 7.40. The van der Waals surface area contributed by atoms with E-state index in [0.29, 0.717) is 30.5 Å². The zero-order chi connectivity index (χ0) is 26.6. The van der Waals surface area contributed by atoms with Crippen molar-refractivity contribution >= 4 is 28.8 Å². The van der Waals surface area contributed by atoms with Crippen LogP contribution in [0, 0.1) is 0 Å². The number of benzene rings is 1. The molecule has 2 aliphatic rings. The van der Waals surface area contributed by atoms with E-state index in [2.05, 4.69) is 15.5 Å². The molecule has 1 atom stereocenters. The number of amides is 3. The number of carbonyl (C=O) groups is 3. The van der Waals surface area contributed by atoms with Crippen molar-refractivity contribution in [2.75, 3.05) is 19.6 Å². The van der Waals surface area contributed by atoms with Gasteiger partial charge in [0, 0.05) is 52.4 Å². The van der Waals surface area contributed by atoms with Gasteiger partial charge in [-0.25, -0.2) is 13.6 Å². The number of hydrogen-bond acceptors (Lipinski definition) is 5. The normalized spacial score (nSPS) is 20.2. The monoisotopic (exact) mass is 519 g/mol. The van der Waals surface area contributed by atoms with E-state index in [0.717, 1.165) is 37.8 Å². The maximum atomic E-state index is 13.2. The molecule has 9 nitrogen and oxygen atoms in total. The number of halogens is 2. The van der Waals surface area contributed by atoms with Crippen molar-refractivity contribution in [1.29, 1.82) is 0 Å². The average Bonchev–Trinajstić information content (AvgIpc) is 3.11. The number of para-hydroxylation sites is 1. The van der Waals surface area contributed by atoms with Crippen LogP contribution < -0.4 is 16.3 Å². The number of hydrogen-bond donors (Lipinski definition) is 2. The van der Waals surface area contributed by atoms with E-state index in [1.807, 2.05) is 6.07 Å². The summed E-state index contributed by atoms with van der Waals surface area (Å²) in [4.78, 5) is 51.4. The fourth-order valence-corrected chi connectivity index (χ4v) is 5.25. The molecule has 4 rings (SSSR count). The minimum absolute atomic E-state index is 0.0588. The number of aromatic nitrogens is 2. The second kappa shape index (κ2) is 11.5. The first kappa shape index (κ1) is 27.0. The van der Waals surface area contributed by atoms with Gasteiger partial charge in [0.25, 0.3) is 5.92 Å². The summed E-state index contributed by atoms with van der Waals surface area (Å²) in [5.41, 5.74) is 1.66. The van der Waals surface area contributed by atoms with Crippen molar-refractivity contribution < 1.29 is 23.2 Å². The van der Waals surface area contributed by atoms with Crippen LogP contribution >= 0.6 is 0 Å². The minimum atomic E-state index is -2.51. The third-order valence-electron chi connectivity index (χ3n) is 7.40. The predicted octanol–water partition coefficient (Wildman–Crippen LogP) is 2.62. The molecule has 1 aromatic heterocycles. The van der Waals surface area contributed by atoms with Gasteiger partial charge >= 0.3 is 5.69 Å². The molecule has 2 fully saturated rings. The first-order valence-electron chi connectivity index (χ1n) is 13.1.